The van der Waals surface area contributed by atoms with Gasteiger partial charge in [0.15, 0.2) is 0 Å². The number of likely N-dealkylation sites (tertiary alicyclic amines) is 1. The molecule has 1 atom stereocenters. The molecule has 1 amide bonds. The Morgan fingerprint density at radius 1 is 1.33 bits per heavy atom. The Bertz CT molecular complexity index is 230. The fourth-order valence-electron chi connectivity index (χ4n) is 2.15. The predicted octanol–water partition coefficient (Wildman–Crippen LogP) is 0.213. The lowest BCUT2D eigenvalue weighted by Gasteiger charge is -2.17. The fourth-order valence-corrected chi connectivity index (χ4v) is 2.15. The highest BCUT2D eigenvalue weighted by molar-refractivity contribution is 5.81. The van der Waals surface area contributed by atoms with E-state index < -0.39 is 0 Å². The molecule has 0 spiro atoms. The van der Waals surface area contributed by atoms with Gasteiger partial charge in [0.2, 0.25) is 5.91 Å². The van der Waals surface area contributed by atoms with Crippen LogP contribution in [0.25, 0.3) is 0 Å². The van der Waals surface area contributed by atoms with Gasteiger partial charge in [-0.15, -0.1) is 0 Å². The van der Waals surface area contributed by atoms with E-state index in [9.17, 15) is 4.79 Å². The number of hydrogen-bond acceptors (Lipinski definition) is 4. The van der Waals surface area contributed by atoms with Crippen LogP contribution in [0.2, 0.25) is 0 Å². The third-order valence-electron chi connectivity index (χ3n) is 3.30. The summed E-state index contributed by atoms with van der Waals surface area (Å²) >= 11 is 0. The molecule has 5 heteroatoms. The average Bonchev–Trinajstić information content (AvgIpc) is 2.87. The maximum Gasteiger partial charge on any atom is 0.236 e. The van der Waals surface area contributed by atoms with Crippen molar-refractivity contribution >= 4 is 5.91 Å². The van der Waals surface area contributed by atoms with Crippen LogP contribution in [0.1, 0.15) is 26.2 Å². The van der Waals surface area contributed by atoms with Crippen molar-refractivity contribution in [2.45, 2.75) is 32.2 Å². The summed E-state index contributed by atoms with van der Waals surface area (Å²) in [5.74, 6) is 0.0493. The van der Waals surface area contributed by atoms with Gasteiger partial charge in [-0.3, -0.25) is 4.79 Å². The molecule has 0 bridgehead atoms. The summed E-state index contributed by atoms with van der Waals surface area (Å²) in [5, 5.41) is 6.08. The van der Waals surface area contributed by atoms with Gasteiger partial charge < -0.3 is 20.3 Å². The van der Waals surface area contributed by atoms with Gasteiger partial charge in [0.25, 0.3) is 0 Å². The fraction of sp³-hybridized carbons (Fsp3) is 0.923. The van der Waals surface area contributed by atoms with Gasteiger partial charge in [-0.2, -0.15) is 0 Å². The first-order valence-electron chi connectivity index (χ1n) is 6.96. The van der Waals surface area contributed by atoms with Gasteiger partial charge in [0.05, 0.1) is 12.6 Å². The van der Waals surface area contributed by atoms with Gasteiger partial charge >= 0.3 is 0 Å². The Balaban J connectivity index is 1.97. The van der Waals surface area contributed by atoms with Crippen LogP contribution in [0.3, 0.4) is 0 Å². The second-order valence-corrected chi connectivity index (χ2v) is 4.86. The average molecular weight is 257 g/mol. The lowest BCUT2D eigenvalue weighted by Crippen LogP contribution is -2.43. The molecule has 1 unspecified atom stereocenters. The number of methoxy groups -OCH3 is 1. The number of ether oxygens (including phenoxy) is 1. The second kappa shape index (κ2) is 9.30. The van der Waals surface area contributed by atoms with Crippen LogP contribution in [-0.2, 0) is 9.53 Å². The number of nitrogens with zero attached hydrogens (tertiary/aromatic N) is 1. The molecule has 1 fully saturated rings. The molecule has 1 rings (SSSR count). The summed E-state index contributed by atoms with van der Waals surface area (Å²) in [7, 11) is 1.63. The van der Waals surface area contributed by atoms with Crippen LogP contribution in [0.5, 0.6) is 0 Å². The van der Waals surface area contributed by atoms with Gasteiger partial charge in [-0.05, 0) is 52.4 Å². The largest absolute Gasteiger partial charge is 0.383 e. The zero-order valence-electron chi connectivity index (χ0n) is 11.7. The molecule has 5 nitrogen and oxygen atoms in total. The highest BCUT2D eigenvalue weighted by atomic mass is 16.5. The molecule has 0 aromatic carbocycles. The third-order valence-corrected chi connectivity index (χ3v) is 3.30. The van der Waals surface area contributed by atoms with E-state index in [-0.39, 0.29) is 11.9 Å². The van der Waals surface area contributed by atoms with Crippen LogP contribution < -0.4 is 10.6 Å². The first kappa shape index (κ1) is 15.4. The van der Waals surface area contributed by atoms with Gasteiger partial charge in [-0.25, -0.2) is 0 Å². The van der Waals surface area contributed by atoms with E-state index in [1.807, 2.05) is 6.92 Å². The van der Waals surface area contributed by atoms with E-state index in [2.05, 4.69) is 15.5 Å². The summed E-state index contributed by atoms with van der Waals surface area (Å²) in [4.78, 5) is 14.1. The van der Waals surface area contributed by atoms with Crippen LogP contribution in [0.15, 0.2) is 0 Å². The first-order valence-corrected chi connectivity index (χ1v) is 6.96. The summed E-state index contributed by atoms with van der Waals surface area (Å²) in [6.45, 7) is 7.57. The maximum absolute atomic E-state index is 11.6. The number of rotatable bonds is 9. The molecule has 1 saturated heterocycles. The van der Waals surface area contributed by atoms with Crippen LogP contribution in [0, 0.1) is 0 Å². The second-order valence-electron chi connectivity index (χ2n) is 4.86. The molecule has 0 aromatic rings. The molecule has 0 aromatic heterocycles. The minimum atomic E-state index is -0.125. The Kier molecular flexibility index (Phi) is 7.96. The summed E-state index contributed by atoms with van der Waals surface area (Å²) in [6.07, 6.45) is 3.78. The van der Waals surface area contributed by atoms with Gasteiger partial charge in [-0.1, -0.05) is 0 Å². The van der Waals surface area contributed by atoms with E-state index in [4.69, 9.17) is 4.74 Å². The van der Waals surface area contributed by atoms with Crippen molar-refractivity contribution in [3.05, 3.63) is 0 Å². The zero-order chi connectivity index (χ0) is 13.2. The summed E-state index contributed by atoms with van der Waals surface area (Å²) in [5.41, 5.74) is 0. The van der Waals surface area contributed by atoms with Crippen molar-refractivity contribution < 1.29 is 9.53 Å². The summed E-state index contributed by atoms with van der Waals surface area (Å²) in [6, 6.07) is -0.125. The lowest BCUT2D eigenvalue weighted by molar-refractivity contribution is -0.122. The van der Waals surface area contributed by atoms with Crippen molar-refractivity contribution in [1.82, 2.24) is 15.5 Å². The molecule has 18 heavy (non-hydrogen) atoms. The minimum Gasteiger partial charge on any atom is -0.383 e. The molecule has 2 N–H and O–H groups in total. The molecular formula is C13H27N3O2. The third kappa shape index (κ3) is 6.33. The highest BCUT2D eigenvalue weighted by Gasteiger charge is 2.12. The Morgan fingerprint density at radius 3 is 2.72 bits per heavy atom. The van der Waals surface area contributed by atoms with Gasteiger partial charge in [0.1, 0.15) is 0 Å². The molecular weight excluding hydrogens is 230 g/mol. The van der Waals surface area contributed by atoms with E-state index in [1.165, 1.54) is 25.9 Å². The number of amides is 1. The van der Waals surface area contributed by atoms with Crippen molar-refractivity contribution in [1.29, 1.82) is 0 Å². The number of carbonyl (C=O) groups is 1. The Hall–Kier alpha value is -0.650. The minimum absolute atomic E-state index is 0.0493. The summed E-state index contributed by atoms with van der Waals surface area (Å²) < 4.78 is 4.89. The van der Waals surface area contributed by atoms with Crippen molar-refractivity contribution in [2.75, 3.05) is 46.4 Å². The van der Waals surface area contributed by atoms with Gasteiger partial charge in [0, 0.05) is 13.7 Å². The van der Waals surface area contributed by atoms with E-state index >= 15 is 0 Å². The smallest absolute Gasteiger partial charge is 0.236 e. The molecule has 0 saturated carbocycles. The van der Waals surface area contributed by atoms with E-state index in [1.54, 1.807) is 7.11 Å². The highest BCUT2D eigenvalue weighted by Crippen LogP contribution is 2.06. The monoisotopic (exact) mass is 257 g/mol. The van der Waals surface area contributed by atoms with Crippen LogP contribution in [-0.4, -0.2) is 63.3 Å². The van der Waals surface area contributed by atoms with E-state index in [0.717, 1.165) is 19.5 Å². The lowest BCUT2D eigenvalue weighted by atomic mass is 10.3. The van der Waals surface area contributed by atoms with E-state index in [0.29, 0.717) is 13.2 Å². The molecule has 0 radical (unpaired) electrons. The quantitative estimate of drug-likeness (QED) is 0.580. The molecule has 1 heterocycles. The SMILES string of the molecule is COCCNC(=O)C(C)NCCCN1CCCC1. The Labute approximate surface area is 110 Å². The molecule has 1 aliphatic heterocycles. The number of nitrogens with one attached hydrogen (secondary N) is 2. The van der Waals surface area contributed by atoms with Crippen molar-refractivity contribution in [2.24, 2.45) is 0 Å². The topological polar surface area (TPSA) is 53.6 Å². The molecule has 0 aliphatic carbocycles. The predicted molar refractivity (Wildman–Crippen MR) is 72.6 cm³/mol. The normalized spacial score (nSPS) is 17.9. The molecule has 106 valence electrons. The van der Waals surface area contributed by atoms with Crippen molar-refractivity contribution in [3.63, 3.8) is 0 Å². The molecule has 1 aliphatic rings. The number of hydrogen-bond donors (Lipinski definition) is 2. The first-order chi connectivity index (χ1) is 8.74. The zero-order valence-corrected chi connectivity index (χ0v) is 11.7. The Morgan fingerprint density at radius 2 is 2.06 bits per heavy atom. The standard InChI is InChI=1S/C13H27N3O2/c1-12(13(17)15-7-11-18-2)14-6-5-10-16-8-3-4-9-16/h12,14H,3-11H2,1-2H3,(H,15,17). The van der Waals surface area contributed by atoms with Crippen LogP contribution in [0.4, 0.5) is 0 Å². The van der Waals surface area contributed by atoms with Crippen molar-refractivity contribution in [3.8, 4) is 0 Å². The number of carbonyl (C=O) groups excluding carboxylic acids is 1. The maximum atomic E-state index is 11.6. The van der Waals surface area contributed by atoms with Crippen LogP contribution >= 0.6 is 0 Å².